The summed E-state index contributed by atoms with van der Waals surface area (Å²) in [6.07, 6.45) is 2.95. The van der Waals surface area contributed by atoms with E-state index < -0.39 is 22.0 Å². The van der Waals surface area contributed by atoms with Gasteiger partial charge in [0.05, 0.1) is 4.90 Å². The number of benzene rings is 1. The quantitative estimate of drug-likeness (QED) is 0.295. The lowest BCUT2D eigenvalue weighted by atomic mass is 10.2. The van der Waals surface area contributed by atoms with Gasteiger partial charge >= 0.3 is 0 Å². The summed E-state index contributed by atoms with van der Waals surface area (Å²) in [5.74, 6) is 5.37. The van der Waals surface area contributed by atoms with Gasteiger partial charge in [-0.05, 0) is 31.2 Å². The highest BCUT2D eigenvalue weighted by Crippen LogP contribution is 2.16. The van der Waals surface area contributed by atoms with E-state index in [9.17, 15) is 13.2 Å². The molecule has 1 amide bonds. The first kappa shape index (κ1) is 19.5. The Morgan fingerprint density at radius 1 is 1.38 bits per heavy atom. The van der Waals surface area contributed by atoms with Crippen molar-refractivity contribution in [3.8, 4) is 17.6 Å². The van der Waals surface area contributed by atoms with E-state index in [1.807, 2.05) is 0 Å². The Labute approximate surface area is 150 Å². The second-order valence-electron chi connectivity index (χ2n) is 5.08. The fourth-order valence-corrected chi connectivity index (χ4v) is 3.23. The molecule has 0 saturated carbocycles. The molecule has 2 rings (SSSR count). The predicted molar refractivity (Wildman–Crippen MR) is 91.7 cm³/mol. The van der Waals surface area contributed by atoms with Crippen molar-refractivity contribution in [1.82, 2.24) is 20.2 Å². The Balaban J connectivity index is 2.13. The molecule has 26 heavy (non-hydrogen) atoms. The topological polar surface area (TPSA) is 133 Å². The molecular formula is C16H18N4O5S. The molecule has 0 bridgehead atoms. The van der Waals surface area contributed by atoms with Gasteiger partial charge in [0, 0.05) is 18.8 Å². The van der Waals surface area contributed by atoms with Crippen LogP contribution in [0, 0.1) is 11.8 Å². The van der Waals surface area contributed by atoms with Gasteiger partial charge < -0.3 is 9.72 Å². The fraction of sp³-hybridized carbons (Fsp3) is 0.250. The number of hydrogen-bond acceptors (Lipinski definition) is 6. The minimum Gasteiger partial charge on any atom is -0.481 e. The van der Waals surface area contributed by atoms with E-state index in [-0.39, 0.29) is 17.9 Å². The lowest BCUT2D eigenvalue weighted by molar-refractivity contribution is -0.130. The van der Waals surface area contributed by atoms with Crippen LogP contribution in [0.5, 0.6) is 5.75 Å². The molecular weight excluding hydrogens is 360 g/mol. The molecule has 1 aromatic heterocycles. The van der Waals surface area contributed by atoms with Crippen LogP contribution >= 0.6 is 0 Å². The summed E-state index contributed by atoms with van der Waals surface area (Å²) in [5, 5.41) is 8.85. The number of aromatic amines is 1. The molecule has 0 radical (unpaired) electrons. The molecule has 0 unspecified atom stereocenters. The monoisotopic (exact) mass is 378 g/mol. The number of hydroxylamine groups is 1. The Kier molecular flexibility index (Phi) is 6.74. The van der Waals surface area contributed by atoms with Crippen LogP contribution in [0.4, 0.5) is 0 Å². The molecule has 0 aliphatic carbocycles. The van der Waals surface area contributed by atoms with E-state index in [1.54, 1.807) is 13.1 Å². The Morgan fingerprint density at radius 2 is 2.12 bits per heavy atom. The van der Waals surface area contributed by atoms with Gasteiger partial charge in [-0.1, -0.05) is 5.92 Å². The van der Waals surface area contributed by atoms with Crippen molar-refractivity contribution in [2.45, 2.75) is 24.3 Å². The van der Waals surface area contributed by atoms with Crippen LogP contribution in [0.2, 0.25) is 0 Å². The third kappa shape index (κ3) is 5.32. The van der Waals surface area contributed by atoms with Crippen LogP contribution in [0.15, 0.2) is 41.6 Å². The molecule has 9 nitrogen and oxygen atoms in total. The molecule has 1 heterocycles. The number of carbonyl (C=O) groups is 1. The van der Waals surface area contributed by atoms with Crippen LogP contribution in [-0.4, -0.2) is 42.1 Å². The zero-order chi connectivity index (χ0) is 19.0. The average Bonchev–Trinajstić information content (AvgIpc) is 3.14. The first-order valence-corrected chi connectivity index (χ1v) is 9.01. The highest BCUT2D eigenvalue weighted by atomic mass is 32.2. The van der Waals surface area contributed by atoms with Gasteiger partial charge in [0.2, 0.25) is 10.0 Å². The second-order valence-corrected chi connectivity index (χ2v) is 6.79. The number of nitrogens with zero attached hydrogens (tertiary/aromatic N) is 1. The van der Waals surface area contributed by atoms with Gasteiger partial charge in [-0.15, -0.1) is 5.92 Å². The van der Waals surface area contributed by atoms with Crippen molar-refractivity contribution >= 4 is 15.9 Å². The van der Waals surface area contributed by atoms with Gasteiger partial charge in [-0.2, -0.15) is 4.72 Å². The molecule has 138 valence electrons. The second kappa shape index (κ2) is 9.00. The van der Waals surface area contributed by atoms with Crippen molar-refractivity contribution in [2.24, 2.45) is 0 Å². The van der Waals surface area contributed by atoms with E-state index in [0.29, 0.717) is 11.6 Å². The normalized spacial score (nSPS) is 11.9. The number of rotatable bonds is 8. The van der Waals surface area contributed by atoms with Gasteiger partial charge in [0.15, 0.2) is 0 Å². The molecule has 0 saturated heterocycles. The molecule has 4 N–H and O–H groups in total. The molecule has 0 spiro atoms. The first-order chi connectivity index (χ1) is 12.5. The summed E-state index contributed by atoms with van der Waals surface area (Å²) in [6.45, 7) is 1.88. The minimum absolute atomic E-state index is 0.0541. The summed E-state index contributed by atoms with van der Waals surface area (Å²) in [4.78, 5) is 18.4. The minimum atomic E-state index is -4.01. The molecule has 0 aliphatic rings. The summed E-state index contributed by atoms with van der Waals surface area (Å²) in [7, 11) is -4.01. The van der Waals surface area contributed by atoms with E-state index in [1.165, 1.54) is 35.9 Å². The smallest absolute Gasteiger partial charge is 0.261 e. The summed E-state index contributed by atoms with van der Waals surface area (Å²) in [6, 6.07) is 4.42. The summed E-state index contributed by atoms with van der Waals surface area (Å²) >= 11 is 0. The Morgan fingerprint density at radius 3 is 2.69 bits per heavy atom. The lowest BCUT2D eigenvalue weighted by Crippen LogP contribution is -2.47. The predicted octanol–water partition coefficient (Wildman–Crippen LogP) is 0.207. The maximum atomic E-state index is 12.5. The van der Waals surface area contributed by atoms with Crippen molar-refractivity contribution in [3.05, 3.63) is 42.5 Å². The van der Waals surface area contributed by atoms with E-state index in [4.69, 9.17) is 9.94 Å². The number of hydrogen-bond donors (Lipinski definition) is 4. The SMILES string of the molecule is CC#CCOc1ccc(S(=O)(=O)N[C@H](Cc2ncc[nH]2)C(=O)NO)cc1. The number of amides is 1. The number of sulfonamides is 1. The van der Waals surface area contributed by atoms with Crippen LogP contribution in [0.25, 0.3) is 0 Å². The average molecular weight is 378 g/mol. The van der Waals surface area contributed by atoms with Gasteiger partial charge in [0.1, 0.15) is 24.2 Å². The van der Waals surface area contributed by atoms with Crippen molar-refractivity contribution in [3.63, 3.8) is 0 Å². The third-order valence-electron chi connectivity index (χ3n) is 3.30. The van der Waals surface area contributed by atoms with Crippen LogP contribution in [-0.2, 0) is 21.2 Å². The fourth-order valence-electron chi connectivity index (χ4n) is 2.03. The maximum Gasteiger partial charge on any atom is 0.261 e. The molecule has 10 heteroatoms. The number of ether oxygens (including phenoxy) is 1. The van der Waals surface area contributed by atoms with Crippen LogP contribution in [0.1, 0.15) is 12.7 Å². The van der Waals surface area contributed by atoms with Gasteiger partial charge in [-0.25, -0.2) is 18.9 Å². The van der Waals surface area contributed by atoms with E-state index >= 15 is 0 Å². The van der Waals surface area contributed by atoms with E-state index in [0.717, 1.165) is 0 Å². The zero-order valence-corrected chi connectivity index (χ0v) is 14.7. The van der Waals surface area contributed by atoms with Crippen LogP contribution < -0.4 is 14.9 Å². The molecule has 1 atom stereocenters. The zero-order valence-electron chi connectivity index (χ0n) is 13.9. The van der Waals surface area contributed by atoms with E-state index in [2.05, 4.69) is 26.5 Å². The Hall–Kier alpha value is -2.87. The third-order valence-corrected chi connectivity index (χ3v) is 4.79. The largest absolute Gasteiger partial charge is 0.481 e. The van der Waals surface area contributed by atoms with Crippen LogP contribution in [0.3, 0.4) is 0 Å². The summed E-state index contributed by atoms with van der Waals surface area (Å²) < 4.78 is 32.6. The highest BCUT2D eigenvalue weighted by molar-refractivity contribution is 7.89. The highest BCUT2D eigenvalue weighted by Gasteiger charge is 2.26. The Bertz CT molecular complexity index is 883. The van der Waals surface area contributed by atoms with Gasteiger partial charge in [-0.3, -0.25) is 10.0 Å². The number of carbonyl (C=O) groups excluding carboxylic acids is 1. The first-order valence-electron chi connectivity index (χ1n) is 7.53. The van der Waals surface area contributed by atoms with Crippen molar-refractivity contribution < 1.29 is 23.2 Å². The maximum absolute atomic E-state index is 12.5. The van der Waals surface area contributed by atoms with Gasteiger partial charge in [0.25, 0.3) is 5.91 Å². The lowest BCUT2D eigenvalue weighted by Gasteiger charge is -2.16. The molecule has 2 aromatic rings. The standard InChI is InChI=1S/C16H18N4O5S/c1-2-3-10-25-12-4-6-13(7-5-12)26(23,24)20-14(16(21)19-22)11-15-17-8-9-18-15/h4-9,14,20,22H,10-11H2,1H3,(H,17,18)(H,19,21)/t14-/m1/s1. The number of imidazole rings is 1. The molecule has 0 aliphatic heterocycles. The number of H-pyrrole nitrogens is 1. The molecule has 1 aromatic carbocycles. The number of nitrogens with one attached hydrogen (secondary N) is 3. The van der Waals surface area contributed by atoms with Crippen molar-refractivity contribution in [2.75, 3.05) is 6.61 Å². The summed E-state index contributed by atoms with van der Waals surface area (Å²) in [5.41, 5.74) is 1.45. The van der Waals surface area contributed by atoms with Crippen molar-refractivity contribution in [1.29, 1.82) is 0 Å². The molecule has 0 fully saturated rings. The number of aromatic nitrogens is 2.